The zero-order valence-corrected chi connectivity index (χ0v) is 16.5. The second-order valence-electron chi connectivity index (χ2n) is 7.71. The summed E-state index contributed by atoms with van der Waals surface area (Å²) in [7, 11) is 0. The van der Waals surface area contributed by atoms with E-state index in [4.69, 9.17) is 21.1 Å². The van der Waals surface area contributed by atoms with Gasteiger partial charge in [-0.2, -0.15) is 0 Å². The molecule has 3 aliphatic rings. The lowest BCUT2D eigenvalue weighted by Crippen LogP contribution is -2.47. The van der Waals surface area contributed by atoms with Crippen LogP contribution in [0, 0.1) is 0 Å². The number of hydrogen-bond acceptors (Lipinski definition) is 4. The van der Waals surface area contributed by atoms with Gasteiger partial charge in [0, 0.05) is 39.6 Å². The molecule has 0 fully saturated rings. The monoisotopic (exact) mass is 414 g/mol. The maximum atomic E-state index is 13.4. The molecule has 3 aromatic carbocycles. The van der Waals surface area contributed by atoms with Gasteiger partial charge in [0.1, 0.15) is 5.75 Å². The molecule has 2 atom stereocenters. The highest BCUT2D eigenvalue weighted by atomic mass is 35.5. The third-order valence-electron chi connectivity index (χ3n) is 6.05. The summed E-state index contributed by atoms with van der Waals surface area (Å²) < 4.78 is 12.7. The molecule has 0 N–H and O–H groups in total. The van der Waals surface area contributed by atoms with Crippen molar-refractivity contribution in [3.8, 4) is 5.75 Å². The first kappa shape index (κ1) is 17.5. The minimum atomic E-state index is -1.20. The molecule has 3 aromatic rings. The standard InChI is InChI=1S/C25H15ClO4/c26-15-11-9-14(10-12-15)25-13-19(16-5-3-4-8-20(16)29-25)21-22(27)17-6-1-2-7-18(17)23(28)24(21)30-25/h1-12,19H,13H2/t19-,25-/m0/s1. The van der Waals surface area contributed by atoms with Gasteiger partial charge < -0.3 is 9.47 Å². The third-order valence-corrected chi connectivity index (χ3v) is 6.31. The van der Waals surface area contributed by atoms with Crippen molar-refractivity contribution in [2.75, 3.05) is 0 Å². The van der Waals surface area contributed by atoms with Gasteiger partial charge in [0.05, 0.1) is 5.57 Å². The molecule has 0 saturated heterocycles. The Bertz CT molecular complexity index is 1270. The van der Waals surface area contributed by atoms with E-state index >= 15 is 0 Å². The zero-order chi connectivity index (χ0) is 20.5. The third kappa shape index (κ3) is 2.28. The molecule has 1 aliphatic carbocycles. The summed E-state index contributed by atoms with van der Waals surface area (Å²) in [6.45, 7) is 0. The van der Waals surface area contributed by atoms with Gasteiger partial charge in [0.25, 0.3) is 5.79 Å². The molecule has 0 radical (unpaired) electrons. The molecule has 2 aliphatic heterocycles. The van der Waals surface area contributed by atoms with E-state index in [1.165, 1.54) is 0 Å². The van der Waals surface area contributed by atoms with Crippen molar-refractivity contribution in [1.29, 1.82) is 0 Å². The summed E-state index contributed by atoms with van der Waals surface area (Å²) in [6, 6.07) is 21.7. The smallest absolute Gasteiger partial charge is 0.279 e. The lowest BCUT2D eigenvalue weighted by Gasteiger charge is -2.47. The van der Waals surface area contributed by atoms with Crippen LogP contribution in [0.5, 0.6) is 5.75 Å². The van der Waals surface area contributed by atoms with Crippen LogP contribution >= 0.6 is 11.6 Å². The average molecular weight is 415 g/mol. The molecular formula is C25H15ClO4. The number of allylic oxidation sites excluding steroid dienone is 2. The van der Waals surface area contributed by atoms with Crippen molar-refractivity contribution in [2.45, 2.75) is 18.1 Å². The Hall–Kier alpha value is -3.37. The number of benzene rings is 3. The second-order valence-corrected chi connectivity index (χ2v) is 8.14. The second kappa shape index (κ2) is 6.07. The highest BCUT2D eigenvalue weighted by molar-refractivity contribution is 6.30. The van der Waals surface area contributed by atoms with E-state index < -0.39 is 5.79 Å². The van der Waals surface area contributed by atoms with Crippen molar-refractivity contribution < 1.29 is 19.1 Å². The van der Waals surface area contributed by atoms with Crippen LogP contribution < -0.4 is 4.74 Å². The molecule has 2 bridgehead atoms. The molecule has 0 spiro atoms. The summed E-state index contributed by atoms with van der Waals surface area (Å²) in [5, 5.41) is 0.594. The molecular weight excluding hydrogens is 400 g/mol. The Kier molecular flexibility index (Phi) is 3.54. The van der Waals surface area contributed by atoms with Crippen LogP contribution in [-0.4, -0.2) is 11.6 Å². The Morgan fingerprint density at radius 1 is 0.800 bits per heavy atom. The lowest BCUT2D eigenvalue weighted by atomic mass is 9.72. The fraction of sp³-hybridized carbons (Fsp3) is 0.120. The fourth-order valence-corrected chi connectivity index (χ4v) is 4.80. The Morgan fingerprint density at radius 2 is 1.47 bits per heavy atom. The van der Waals surface area contributed by atoms with E-state index in [0.717, 1.165) is 11.1 Å². The molecule has 4 nitrogen and oxygen atoms in total. The van der Waals surface area contributed by atoms with Crippen LogP contribution in [0.2, 0.25) is 5.02 Å². The van der Waals surface area contributed by atoms with Crippen LogP contribution in [0.4, 0.5) is 0 Å². The first-order valence-corrected chi connectivity index (χ1v) is 10.1. The van der Waals surface area contributed by atoms with Crippen molar-refractivity contribution in [1.82, 2.24) is 0 Å². The summed E-state index contributed by atoms with van der Waals surface area (Å²) in [4.78, 5) is 26.8. The van der Waals surface area contributed by atoms with E-state index in [9.17, 15) is 9.59 Å². The Labute approximate surface area is 177 Å². The molecule has 0 unspecified atom stereocenters. The molecule has 0 saturated carbocycles. The first-order chi connectivity index (χ1) is 14.6. The van der Waals surface area contributed by atoms with E-state index in [2.05, 4.69) is 0 Å². The quantitative estimate of drug-likeness (QED) is 0.533. The summed E-state index contributed by atoms with van der Waals surface area (Å²) in [5.74, 6) is -1.23. The predicted octanol–water partition coefficient (Wildman–Crippen LogP) is 5.42. The number of rotatable bonds is 1. The minimum absolute atomic E-state index is 0.0828. The van der Waals surface area contributed by atoms with Crippen molar-refractivity contribution in [3.63, 3.8) is 0 Å². The maximum absolute atomic E-state index is 13.4. The van der Waals surface area contributed by atoms with Gasteiger partial charge in [0.2, 0.25) is 5.78 Å². The molecule has 2 heterocycles. The normalized spacial score (nSPS) is 23.7. The van der Waals surface area contributed by atoms with E-state index in [0.29, 0.717) is 33.9 Å². The van der Waals surface area contributed by atoms with Crippen molar-refractivity contribution >= 4 is 23.2 Å². The van der Waals surface area contributed by atoms with Crippen LogP contribution in [0.3, 0.4) is 0 Å². The van der Waals surface area contributed by atoms with Crippen molar-refractivity contribution in [2.24, 2.45) is 0 Å². The SMILES string of the molecule is O=C1C2=C(C(=O)c3ccccc31)[C@H]1C[C@@](c3ccc(Cl)cc3)(O2)Oc2ccccc21. The summed E-state index contributed by atoms with van der Waals surface area (Å²) >= 11 is 6.08. The highest BCUT2D eigenvalue weighted by Gasteiger charge is 2.54. The fourth-order valence-electron chi connectivity index (χ4n) is 4.67. The topological polar surface area (TPSA) is 52.6 Å². The summed E-state index contributed by atoms with van der Waals surface area (Å²) in [5.41, 5.74) is 2.84. The van der Waals surface area contributed by atoms with Crippen LogP contribution in [0.15, 0.2) is 84.1 Å². The number of carbonyl (C=O) groups is 2. The van der Waals surface area contributed by atoms with Crippen LogP contribution in [0.1, 0.15) is 44.2 Å². The van der Waals surface area contributed by atoms with E-state index in [-0.39, 0.29) is 23.2 Å². The zero-order valence-electron chi connectivity index (χ0n) is 15.7. The molecule has 6 rings (SSSR count). The Morgan fingerprint density at radius 3 is 2.23 bits per heavy atom. The number of fused-ring (bicyclic) bond motifs is 6. The lowest BCUT2D eigenvalue weighted by molar-refractivity contribution is -0.185. The van der Waals surface area contributed by atoms with Gasteiger partial charge >= 0.3 is 0 Å². The number of carbonyl (C=O) groups excluding carboxylic acids is 2. The first-order valence-electron chi connectivity index (χ1n) is 9.73. The van der Waals surface area contributed by atoms with Gasteiger partial charge in [-0.15, -0.1) is 0 Å². The molecule has 0 amide bonds. The van der Waals surface area contributed by atoms with Gasteiger partial charge in [-0.1, -0.05) is 54.1 Å². The molecule has 5 heteroatoms. The Balaban J connectivity index is 1.61. The van der Waals surface area contributed by atoms with Gasteiger partial charge in [0.15, 0.2) is 11.5 Å². The highest BCUT2D eigenvalue weighted by Crippen LogP contribution is 2.55. The largest absolute Gasteiger partial charge is 0.448 e. The van der Waals surface area contributed by atoms with Gasteiger partial charge in [-0.25, -0.2) is 0 Å². The van der Waals surface area contributed by atoms with Crippen molar-refractivity contribution in [3.05, 3.63) is 111 Å². The van der Waals surface area contributed by atoms with Gasteiger partial charge in [-0.3, -0.25) is 9.59 Å². The van der Waals surface area contributed by atoms with E-state index in [1.807, 2.05) is 36.4 Å². The van der Waals surface area contributed by atoms with Crippen LogP contribution in [0.25, 0.3) is 0 Å². The number of para-hydroxylation sites is 1. The number of ether oxygens (including phenoxy) is 2. The van der Waals surface area contributed by atoms with E-state index in [1.54, 1.807) is 36.4 Å². The minimum Gasteiger partial charge on any atom is -0.448 e. The number of hydrogen-bond donors (Lipinski definition) is 0. The maximum Gasteiger partial charge on any atom is 0.279 e. The van der Waals surface area contributed by atoms with Crippen LogP contribution in [-0.2, 0) is 10.5 Å². The number of halogens is 1. The molecule has 0 aromatic heterocycles. The number of ketones is 2. The van der Waals surface area contributed by atoms with Gasteiger partial charge in [-0.05, 0) is 30.3 Å². The average Bonchev–Trinajstić information content (AvgIpc) is 2.77. The predicted molar refractivity (Wildman–Crippen MR) is 111 cm³/mol. The molecule has 146 valence electrons. The molecule has 30 heavy (non-hydrogen) atoms. The summed E-state index contributed by atoms with van der Waals surface area (Å²) in [6.07, 6.45) is 0.395. The number of Topliss-reactive ketones (excluding diaryl/α,β-unsaturated/α-hetero) is 2.